The first-order chi connectivity index (χ1) is 9.33. The average molecular weight is 285 g/mol. The van der Waals surface area contributed by atoms with Crippen molar-refractivity contribution in [1.82, 2.24) is 4.98 Å². The van der Waals surface area contributed by atoms with Crippen LogP contribution >= 0.6 is 0 Å². The van der Waals surface area contributed by atoms with Gasteiger partial charge in [-0.05, 0) is 18.2 Å². The van der Waals surface area contributed by atoms with Crippen molar-refractivity contribution in [2.24, 2.45) is 0 Å². The second kappa shape index (κ2) is 5.16. The summed E-state index contributed by atoms with van der Waals surface area (Å²) in [6.07, 6.45) is -4.76. The number of aromatic nitrogens is 1. The summed E-state index contributed by atoms with van der Waals surface area (Å²) in [4.78, 5) is 3.84. The molecule has 2 aromatic rings. The number of benzene rings is 1. The first-order valence-electron chi connectivity index (χ1n) is 5.39. The summed E-state index contributed by atoms with van der Waals surface area (Å²) in [6, 6.07) is 7.98. The molecule has 0 aliphatic carbocycles. The molecule has 0 saturated heterocycles. The minimum atomic E-state index is -4.76. The van der Waals surface area contributed by atoms with Crippen LogP contribution in [0, 0.1) is 0 Å². The maximum Gasteiger partial charge on any atom is 0.573 e. The van der Waals surface area contributed by atoms with Crippen molar-refractivity contribution < 1.29 is 22.6 Å². The Morgan fingerprint density at radius 2 is 1.70 bits per heavy atom. The smallest absolute Gasteiger partial charge is 0.439 e. The lowest BCUT2D eigenvalue weighted by atomic mass is 10.3. The van der Waals surface area contributed by atoms with Crippen molar-refractivity contribution >= 4 is 11.5 Å². The maximum atomic E-state index is 12.1. The number of nitrogens with zero attached hydrogens (tertiary/aromatic N) is 1. The van der Waals surface area contributed by atoms with E-state index in [-0.39, 0.29) is 23.1 Å². The molecule has 0 saturated carbocycles. The van der Waals surface area contributed by atoms with Crippen LogP contribution in [-0.2, 0) is 0 Å². The van der Waals surface area contributed by atoms with Crippen LogP contribution in [0.3, 0.4) is 0 Å². The van der Waals surface area contributed by atoms with Gasteiger partial charge in [-0.2, -0.15) is 4.98 Å². The van der Waals surface area contributed by atoms with Gasteiger partial charge in [0.1, 0.15) is 11.5 Å². The molecule has 4 N–H and O–H groups in total. The number of alkyl halides is 3. The number of nitrogens with two attached hydrogens (primary N) is 2. The zero-order chi connectivity index (χ0) is 14.8. The molecule has 106 valence electrons. The molecule has 0 radical (unpaired) electrons. The summed E-state index contributed by atoms with van der Waals surface area (Å²) in [5.74, 6) is -0.0760. The van der Waals surface area contributed by atoms with Gasteiger partial charge < -0.3 is 20.9 Å². The van der Waals surface area contributed by atoms with Crippen molar-refractivity contribution in [1.29, 1.82) is 0 Å². The molecule has 0 fully saturated rings. The zero-order valence-electron chi connectivity index (χ0n) is 10.0. The van der Waals surface area contributed by atoms with Crippen LogP contribution in [0.5, 0.6) is 17.4 Å². The monoisotopic (exact) mass is 285 g/mol. The molecule has 0 aliphatic rings. The number of hydrogen-bond acceptors (Lipinski definition) is 5. The molecule has 1 heterocycles. The maximum absolute atomic E-state index is 12.1. The Hall–Kier alpha value is -2.64. The first-order valence-corrected chi connectivity index (χ1v) is 5.39. The third-order valence-electron chi connectivity index (χ3n) is 2.19. The number of anilines is 2. The predicted molar refractivity (Wildman–Crippen MR) is 66.3 cm³/mol. The molecule has 0 unspecified atom stereocenters. The molecule has 0 aliphatic heterocycles. The van der Waals surface area contributed by atoms with Gasteiger partial charge in [0.25, 0.3) is 0 Å². The number of nitrogen functional groups attached to an aromatic ring is 2. The summed E-state index contributed by atoms with van der Waals surface area (Å²) >= 11 is 0. The highest BCUT2D eigenvalue weighted by Crippen LogP contribution is 2.29. The van der Waals surface area contributed by atoms with Gasteiger partial charge in [-0.15, -0.1) is 13.2 Å². The van der Waals surface area contributed by atoms with E-state index in [2.05, 4.69) is 9.72 Å². The molecule has 0 atom stereocenters. The fourth-order valence-electron chi connectivity index (χ4n) is 1.38. The van der Waals surface area contributed by atoms with Crippen LogP contribution in [-0.4, -0.2) is 11.3 Å². The summed E-state index contributed by atoms with van der Waals surface area (Å²) in [7, 11) is 0. The van der Waals surface area contributed by atoms with E-state index in [0.717, 1.165) is 12.1 Å². The quantitative estimate of drug-likeness (QED) is 0.905. The lowest BCUT2D eigenvalue weighted by Gasteiger charge is -2.10. The van der Waals surface area contributed by atoms with Crippen LogP contribution in [0.15, 0.2) is 36.4 Å². The van der Waals surface area contributed by atoms with Crippen molar-refractivity contribution in [2.45, 2.75) is 6.36 Å². The third kappa shape index (κ3) is 3.67. The minimum Gasteiger partial charge on any atom is -0.439 e. The number of hydrogen-bond donors (Lipinski definition) is 2. The van der Waals surface area contributed by atoms with Gasteiger partial charge in [0.2, 0.25) is 5.88 Å². The minimum absolute atomic E-state index is 0.0743. The highest BCUT2D eigenvalue weighted by atomic mass is 19.4. The lowest BCUT2D eigenvalue weighted by molar-refractivity contribution is -0.274. The van der Waals surface area contributed by atoms with Gasteiger partial charge >= 0.3 is 6.36 Å². The molecule has 1 aromatic carbocycles. The molecule has 8 heteroatoms. The van der Waals surface area contributed by atoms with E-state index < -0.39 is 12.1 Å². The second-order valence-electron chi connectivity index (χ2n) is 3.75. The second-order valence-corrected chi connectivity index (χ2v) is 3.75. The molecular weight excluding hydrogens is 275 g/mol. The van der Waals surface area contributed by atoms with E-state index in [4.69, 9.17) is 16.2 Å². The van der Waals surface area contributed by atoms with Gasteiger partial charge in [-0.1, -0.05) is 6.07 Å². The molecular formula is C12H10F3N3O2. The van der Waals surface area contributed by atoms with E-state index in [1.807, 2.05) is 0 Å². The van der Waals surface area contributed by atoms with E-state index in [1.165, 1.54) is 24.3 Å². The Morgan fingerprint density at radius 1 is 1.00 bits per heavy atom. The number of halogens is 3. The highest BCUT2D eigenvalue weighted by molar-refractivity contribution is 5.58. The van der Waals surface area contributed by atoms with Crippen molar-refractivity contribution in [3.05, 3.63) is 36.4 Å². The number of pyridine rings is 1. The number of ether oxygens (including phenoxy) is 2. The molecule has 0 spiro atoms. The van der Waals surface area contributed by atoms with Gasteiger partial charge in [0.05, 0.1) is 5.69 Å². The lowest BCUT2D eigenvalue weighted by Crippen LogP contribution is -2.17. The summed E-state index contributed by atoms with van der Waals surface area (Å²) in [6.45, 7) is 0. The Bertz CT molecular complexity index is 617. The van der Waals surface area contributed by atoms with Gasteiger partial charge in [0.15, 0.2) is 5.82 Å². The van der Waals surface area contributed by atoms with Crippen LogP contribution < -0.4 is 20.9 Å². The van der Waals surface area contributed by atoms with E-state index in [1.54, 1.807) is 0 Å². The Labute approximate surface area is 111 Å². The van der Waals surface area contributed by atoms with Crippen molar-refractivity contribution in [3.8, 4) is 17.4 Å². The summed E-state index contributed by atoms with van der Waals surface area (Å²) in [5.41, 5.74) is 11.3. The average Bonchev–Trinajstić information content (AvgIpc) is 2.32. The Kier molecular flexibility index (Phi) is 3.55. The summed E-state index contributed by atoms with van der Waals surface area (Å²) < 4.78 is 45.3. The topological polar surface area (TPSA) is 83.4 Å². The van der Waals surface area contributed by atoms with Crippen LogP contribution in [0.2, 0.25) is 0 Å². The molecule has 0 bridgehead atoms. The summed E-state index contributed by atoms with van der Waals surface area (Å²) in [5, 5.41) is 0. The Morgan fingerprint density at radius 3 is 2.35 bits per heavy atom. The highest BCUT2D eigenvalue weighted by Gasteiger charge is 2.31. The van der Waals surface area contributed by atoms with Gasteiger partial charge in [0, 0.05) is 12.1 Å². The predicted octanol–water partition coefficient (Wildman–Crippen LogP) is 2.94. The van der Waals surface area contributed by atoms with Crippen LogP contribution in [0.1, 0.15) is 0 Å². The zero-order valence-corrected chi connectivity index (χ0v) is 10.0. The van der Waals surface area contributed by atoms with Gasteiger partial charge in [-0.25, -0.2) is 0 Å². The van der Waals surface area contributed by atoms with Gasteiger partial charge in [-0.3, -0.25) is 0 Å². The fourth-order valence-corrected chi connectivity index (χ4v) is 1.38. The molecule has 1 aromatic heterocycles. The number of rotatable bonds is 3. The largest absolute Gasteiger partial charge is 0.573 e. The fraction of sp³-hybridized carbons (Fsp3) is 0.0833. The molecule has 2 rings (SSSR count). The van der Waals surface area contributed by atoms with E-state index in [9.17, 15) is 13.2 Å². The van der Waals surface area contributed by atoms with Crippen molar-refractivity contribution in [3.63, 3.8) is 0 Å². The van der Waals surface area contributed by atoms with E-state index in [0.29, 0.717) is 0 Å². The van der Waals surface area contributed by atoms with Crippen molar-refractivity contribution in [2.75, 3.05) is 11.5 Å². The van der Waals surface area contributed by atoms with E-state index >= 15 is 0 Å². The Balaban J connectivity index is 2.17. The molecule has 5 nitrogen and oxygen atoms in total. The van der Waals surface area contributed by atoms with Crippen LogP contribution in [0.4, 0.5) is 24.7 Å². The molecule has 20 heavy (non-hydrogen) atoms. The van der Waals surface area contributed by atoms with Crippen LogP contribution in [0.25, 0.3) is 0 Å². The SMILES string of the molecule is Nc1ccc(Oc2cccc(OC(F)(F)F)c2)nc1N. The normalized spacial score (nSPS) is 11.2. The first kappa shape index (κ1) is 13.8. The third-order valence-corrected chi connectivity index (χ3v) is 2.19. The standard InChI is InChI=1S/C12H10F3N3O2/c13-12(14,15)20-8-3-1-2-7(6-8)19-10-5-4-9(16)11(17)18-10/h1-6H,16H2,(H2,17,18). The molecule has 0 amide bonds.